The van der Waals surface area contributed by atoms with Crippen LogP contribution >= 0.6 is 0 Å². The van der Waals surface area contributed by atoms with Crippen molar-refractivity contribution in [1.82, 2.24) is 14.7 Å². The molecule has 0 aliphatic carbocycles. The van der Waals surface area contributed by atoms with E-state index in [0.29, 0.717) is 5.69 Å². The van der Waals surface area contributed by atoms with Gasteiger partial charge in [-0.3, -0.25) is 4.79 Å². The summed E-state index contributed by atoms with van der Waals surface area (Å²) in [6, 6.07) is 22.1. The Kier molecular flexibility index (Phi) is 4.91. The molecule has 5 heteroatoms. The van der Waals surface area contributed by atoms with E-state index in [1.165, 1.54) is 0 Å². The molecule has 0 fully saturated rings. The van der Waals surface area contributed by atoms with Gasteiger partial charge in [0, 0.05) is 12.4 Å². The second-order valence-corrected chi connectivity index (χ2v) is 6.77. The number of imidazole rings is 1. The van der Waals surface area contributed by atoms with Crippen LogP contribution in [0.25, 0.3) is 5.65 Å². The molecule has 0 aliphatic rings. The van der Waals surface area contributed by atoms with Gasteiger partial charge in [0.2, 0.25) is 0 Å². The lowest BCUT2D eigenvalue weighted by molar-refractivity contribution is 0.0827. The largest absolute Gasteiger partial charge is 0.386 e. The average Bonchev–Trinajstić information content (AvgIpc) is 3.19. The topological polar surface area (TPSA) is 66.6 Å². The number of carbonyl (C=O) groups is 1. The maximum Gasteiger partial charge on any atom is 0.272 e. The summed E-state index contributed by atoms with van der Waals surface area (Å²) >= 11 is 0. The second kappa shape index (κ2) is 7.66. The van der Waals surface area contributed by atoms with E-state index in [0.717, 1.165) is 22.3 Å². The summed E-state index contributed by atoms with van der Waals surface area (Å²) in [6.07, 6.45) is 2.68. The molecule has 140 valence electrons. The molecule has 0 unspecified atom stereocenters. The molecule has 0 bridgehead atoms. The van der Waals surface area contributed by atoms with Crippen LogP contribution in [0.2, 0.25) is 0 Å². The predicted octanol–water partition coefficient (Wildman–Crippen LogP) is 3.85. The van der Waals surface area contributed by atoms with E-state index in [2.05, 4.69) is 10.3 Å². The Labute approximate surface area is 163 Å². The highest BCUT2D eigenvalue weighted by atomic mass is 16.3. The summed E-state index contributed by atoms with van der Waals surface area (Å²) in [7, 11) is 0. The number of aromatic nitrogens is 2. The van der Waals surface area contributed by atoms with Gasteiger partial charge in [-0.2, -0.15) is 0 Å². The molecule has 2 N–H and O–H groups in total. The van der Waals surface area contributed by atoms with Crippen molar-refractivity contribution in [1.29, 1.82) is 0 Å². The lowest BCUT2D eigenvalue weighted by Crippen LogP contribution is -2.33. The van der Waals surface area contributed by atoms with Gasteiger partial charge >= 0.3 is 0 Å². The Morgan fingerprint density at radius 2 is 1.61 bits per heavy atom. The minimum atomic E-state index is -0.883. The third kappa shape index (κ3) is 3.52. The zero-order chi connectivity index (χ0) is 19.5. The quantitative estimate of drug-likeness (QED) is 0.560. The third-order valence-electron chi connectivity index (χ3n) is 4.81. The fraction of sp³-hybridized carbons (Fsp3) is 0.130. The average molecular weight is 371 g/mol. The van der Waals surface area contributed by atoms with Gasteiger partial charge in [0.25, 0.3) is 5.91 Å². The zero-order valence-corrected chi connectivity index (χ0v) is 15.5. The summed E-state index contributed by atoms with van der Waals surface area (Å²) in [4.78, 5) is 17.4. The van der Waals surface area contributed by atoms with E-state index >= 15 is 0 Å². The highest BCUT2D eigenvalue weighted by Gasteiger charge is 2.26. The summed E-state index contributed by atoms with van der Waals surface area (Å²) in [5, 5.41) is 13.9. The number of carbonyl (C=O) groups excluding carboxylic acids is 1. The van der Waals surface area contributed by atoms with Gasteiger partial charge in [0.15, 0.2) is 0 Å². The normalized spacial score (nSPS) is 13.2. The highest BCUT2D eigenvalue weighted by molar-refractivity contribution is 5.93. The van der Waals surface area contributed by atoms with Gasteiger partial charge in [0.05, 0.1) is 6.04 Å². The maximum absolute atomic E-state index is 12.9. The third-order valence-corrected chi connectivity index (χ3v) is 4.81. The Balaban J connectivity index is 1.66. The molecule has 0 saturated heterocycles. The number of benzene rings is 2. The van der Waals surface area contributed by atoms with Crippen LogP contribution in [0.4, 0.5) is 0 Å². The fourth-order valence-corrected chi connectivity index (χ4v) is 3.33. The van der Waals surface area contributed by atoms with E-state index in [1.807, 2.05) is 90.3 Å². The summed E-state index contributed by atoms with van der Waals surface area (Å²) in [5.74, 6) is -0.327. The van der Waals surface area contributed by atoms with Gasteiger partial charge in [-0.25, -0.2) is 4.98 Å². The molecule has 2 atom stereocenters. The highest BCUT2D eigenvalue weighted by Crippen LogP contribution is 2.29. The molecule has 28 heavy (non-hydrogen) atoms. The SMILES string of the molecule is Cc1cccn2cc(C(=O)N[C@H](c3ccccc3)[C@@H](O)c3ccccc3)nc12. The molecule has 0 radical (unpaired) electrons. The first kappa shape index (κ1) is 17.9. The van der Waals surface area contributed by atoms with E-state index in [1.54, 1.807) is 6.20 Å². The summed E-state index contributed by atoms with van der Waals surface area (Å²) in [5.41, 5.74) is 3.61. The van der Waals surface area contributed by atoms with Crippen molar-refractivity contribution < 1.29 is 9.90 Å². The van der Waals surface area contributed by atoms with Crippen LogP contribution in [0.3, 0.4) is 0 Å². The number of aliphatic hydroxyl groups is 1. The van der Waals surface area contributed by atoms with Gasteiger partial charge in [-0.15, -0.1) is 0 Å². The van der Waals surface area contributed by atoms with E-state index in [4.69, 9.17) is 0 Å². The summed E-state index contributed by atoms with van der Waals surface area (Å²) < 4.78 is 1.83. The molecule has 2 aromatic carbocycles. The number of hydrogen-bond acceptors (Lipinski definition) is 3. The number of rotatable bonds is 5. The summed E-state index contributed by atoms with van der Waals surface area (Å²) in [6.45, 7) is 1.95. The maximum atomic E-state index is 12.9. The number of amides is 1. The first-order valence-corrected chi connectivity index (χ1v) is 9.16. The van der Waals surface area contributed by atoms with Gasteiger partial charge < -0.3 is 14.8 Å². The molecule has 2 aromatic heterocycles. The van der Waals surface area contributed by atoms with Crippen molar-refractivity contribution >= 4 is 11.6 Å². The molecular weight excluding hydrogens is 350 g/mol. The van der Waals surface area contributed by atoms with Gasteiger partial charge in [-0.1, -0.05) is 66.7 Å². The van der Waals surface area contributed by atoms with Crippen molar-refractivity contribution in [2.75, 3.05) is 0 Å². The van der Waals surface area contributed by atoms with Gasteiger partial charge in [-0.05, 0) is 29.7 Å². The molecule has 5 nitrogen and oxygen atoms in total. The Morgan fingerprint density at radius 3 is 2.25 bits per heavy atom. The van der Waals surface area contributed by atoms with Gasteiger partial charge in [0.1, 0.15) is 17.4 Å². The lowest BCUT2D eigenvalue weighted by atomic mass is 9.95. The molecule has 1 amide bonds. The van der Waals surface area contributed by atoms with E-state index in [-0.39, 0.29) is 5.91 Å². The number of pyridine rings is 1. The Morgan fingerprint density at radius 1 is 0.964 bits per heavy atom. The van der Waals surface area contributed by atoms with Crippen LogP contribution in [0, 0.1) is 6.92 Å². The minimum Gasteiger partial charge on any atom is -0.386 e. The van der Waals surface area contributed by atoms with Crippen LogP contribution < -0.4 is 5.32 Å². The Hall–Kier alpha value is -3.44. The standard InChI is InChI=1S/C23H21N3O2/c1-16-9-8-14-26-15-19(24-22(16)26)23(28)25-20(17-10-4-2-5-11-17)21(27)18-12-6-3-7-13-18/h2-15,20-21,27H,1H3,(H,25,28)/t20-,21+/m1/s1. The molecule has 0 saturated carbocycles. The zero-order valence-electron chi connectivity index (χ0n) is 15.5. The molecule has 0 aliphatic heterocycles. The molecule has 0 spiro atoms. The number of aliphatic hydroxyl groups excluding tert-OH is 1. The van der Waals surface area contributed by atoms with Crippen molar-refractivity contribution in [3.05, 3.63) is 108 Å². The van der Waals surface area contributed by atoms with E-state index < -0.39 is 12.1 Å². The second-order valence-electron chi connectivity index (χ2n) is 6.77. The van der Waals surface area contributed by atoms with Crippen LogP contribution in [-0.4, -0.2) is 20.4 Å². The number of hydrogen-bond donors (Lipinski definition) is 2. The molecule has 4 rings (SSSR count). The van der Waals surface area contributed by atoms with Crippen LogP contribution in [0.5, 0.6) is 0 Å². The molecule has 4 aromatic rings. The molecule has 2 heterocycles. The number of nitrogens with zero attached hydrogens (tertiary/aromatic N) is 2. The van der Waals surface area contributed by atoms with Crippen molar-refractivity contribution in [3.63, 3.8) is 0 Å². The van der Waals surface area contributed by atoms with Crippen molar-refractivity contribution in [2.45, 2.75) is 19.1 Å². The van der Waals surface area contributed by atoms with Crippen molar-refractivity contribution in [3.8, 4) is 0 Å². The van der Waals surface area contributed by atoms with Crippen LogP contribution in [-0.2, 0) is 0 Å². The predicted molar refractivity (Wildman–Crippen MR) is 108 cm³/mol. The lowest BCUT2D eigenvalue weighted by Gasteiger charge is -2.24. The number of fused-ring (bicyclic) bond motifs is 1. The Bertz CT molecular complexity index is 1090. The van der Waals surface area contributed by atoms with Crippen LogP contribution in [0.15, 0.2) is 85.2 Å². The van der Waals surface area contributed by atoms with Crippen molar-refractivity contribution in [2.24, 2.45) is 0 Å². The monoisotopic (exact) mass is 371 g/mol. The number of aryl methyl sites for hydroxylation is 1. The smallest absolute Gasteiger partial charge is 0.272 e. The minimum absolute atomic E-state index is 0.315. The van der Waals surface area contributed by atoms with Crippen LogP contribution in [0.1, 0.15) is 39.3 Å². The molecular formula is C23H21N3O2. The fourth-order valence-electron chi connectivity index (χ4n) is 3.33. The first-order valence-electron chi connectivity index (χ1n) is 9.16. The first-order chi connectivity index (χ1) is 13.6. The number of nitrogens with one attached hydrogen (secondary N) is 1. The van der Waals surface area contributed by atoms with E-state index in [9.17, 15) is 9.90 Å².